The van der Waals surface area contributed by atoms with Crippen LogP contribution in [0.2, 0.25) is 0 Å². The van der Waals surface area contributed by atoms with E-state index in [4.69, 9.17) is 0 Å². The zero-order valence-electron chi connectivity index (χ0n) is 6.54. The minimum absolute atomic E-state index is 0.364. The second kappa shape index (κ2) is 3.21. The quantitative estimate of drug-likeness (QED) is 0.538. The van der Waals surface area contributed by atoms with E-state index in [2.05, 4.69) is 4.74 Å². The smallest absolute Gasteiger partial charge is 0.332 e. The first-order valence-corrected chi connectivity index (χ1v) is 3.17. The van der Waals surface area contributed by atoms with Crippen molar-refractivity contribution in [3.8, 4) is 5.88 Å². The number of rotatable bonds is 2. The van der Waals surface area contributed by atoms with Crippen molar-refractivity contribution in [3.63, 3.8) is 0 Å². The highest BCUT2D eigenvalue weighted by Gasteiger charge is 2.18. The minimum atomic E-state index is -1.22. The van der Waals surface area contributed by atoms with Crippen LogP contribution in [0.15, 0.2) is 10.9 Å². The Kier molecular flexibility index (Phi) is 2.27. The number of aromatic nitrogens is 1. The summed E-state index contributed by atoms with van der Waals surface area (Å²) in [6.07, 6.45) is 0. The van der Waals surface area contributed by atoms with E-state index in [0.29, 0.717) is 6.07 Å². The van der Waals surface area contributed by atoms with Crippen LogP contribution in [0.1, 0.15) is 0 Å². The molecule has 0 amide bonds. The Bertz CT molecular complexity index is 400. The van der Waals surface area contributed by atoms with Gasteiger partial charge in [0.25, 0.3) is 11.4 Å². The van der Waals surface area contributed by atoms with Gasteiger partial charge < -0.3 is 4.74 Å². The highest BCUT2D eigenvalue weighted by molar-refractivity contribution is 5.40. The number of H-pyrrole nitrogens is 1. The van der Waals surface area contributed by atoms with E-state index in [1.54, 1.807) is 0 Å². The summed E-state index contributed by atoms with van der Waals surface area (Å²) >= 11 is 0. The van der Waals surface area contributed by atoms with Gasteiger partial charge in [0.05, 0.1) is 18.1 Å². The molecule has 0 aliphatic rings. The van der Waals surface area contributed by atoms with E-state index in [1.807, 2.05) is 4.98 Å². The van der Waals surface area contributed by atoms with Crippen LogP contribution in [-0.2, 0) is 0 Å². The maximum absolute atomic E-state index is 12.6. The van der Waals surface area contributed by atoms with Gasteiger partial charge in [0.2, 0.25) is 0 Å². The fourth-order valence-corrected chi connectivity index (χ4v) is 0.769. The molecule has 0 aromatic carbocycles. The molecule has 0 bridgehead atoms. The topological polar surface area (TPSA) is 85.2 Å². The Balaban J connectivity index is 3.42. The number of nitro groups is 1. The maximum atomic E-state index is 12.6. The van der Waals surface area contributed by atoms with Crippen LogP contribution in [-0.4, -0.2) is 17.0 Å². The molecule has 0 saturated heterocycles. The Morgan fingerprint density at radius 3 is 2.77 bits per heavy atom. The molecule has 0 radical (unpaired) electrons. The molecule has 0 saturated carbocycles. The van der Waals surface area contributed by atoms with Gasteiger partial charge in [-0.2, -0.15) is 0 Å². The second-order valence-electron chi connectivity index (χ2n) is 2.12. The summed E-state index contributed by atoms with van der Waals surface area (Å²) in [7, 11) is 1.14. The molecule has 70 valence electrons. The normalized spacial score (nSPS) is 9.69. The molecule has 1 heterocycles. The maximum Gasteiger partial charge on any atom is 0.332 e. The van der Waals surface area contributed by atoms with E-state index in [0.717, 1.165) is 7.11 Å². The van der Waals surface area contributed by atoms with Crippen LogP contribution >= 0.6 is 0 Å². The fourth-order valence-electron chi connectivity index (χ4n) is 0.769. The van der Waals surface area contributed by atoms with E-state index < -0.39 is 22.0 Å². The second-order valence-corrected chi connectivity index (χ2v) is 2.12. The zero-order valence-corrected chi connectivity index (χ0v) is 6.54. The predicted molar refractivity (Wildman–Crippen MR) is 40.2 cm³/mol. The molecular weight excluding hydrogens is 183 g/mol. The van der Waals surface area contributed by atoms with Crippen molar-refractivity contribution in [2.24, 2.45) is 0 Å². The van der Waals surface area contributed by atoms with Crippen molar-refractivity contribution in [3.05, 3.63) is 32.4 Å². The summed E-state index contributed by atoms with van der Waals surface area (Å²) in [5, 5.41) is 10.3. The molecule has 13 heavy (non-hydrogen) atoms. The lowest BCUT2D eigenvalue weighted by Gasteiger charge is -1.99. The van der Waals surface area contributed by atoms with E-state index in [-0.39, 0.29) is 5.88 Å². The Labute approximate surface area is 71.1 Å². The first-order valence-electron chi connectivity index (χ1n) is 3.17. The lowest BCUT2D eigenvalue weighted by Crippen LogP contribution is -2.12. The fraction of sp³-hybridized carbons (Fsp3) is 0.167. The van der Waals surface area contributed by atoms with Crippen molar-refractivity contribution in [1.82, 2.24) is 4.98 Å². The van der Waals surface area contributed by atoms with Crippen molar-refractivity contribution >= 4 is 5.69 Å². The third kappa shape index (κ3) is 1.63. The summed E-state index contributed by atoms with van der Waals surface area (Å²) in [6.45, 7) is 0. The highest BCUT2D eigenvalue weighted by Crippen LogP contribution is 2.21. The molecule has 1 rings (SSSR count). The number of methoxy groups -OCH3 is 1. The van der Waals surface area contributed by atoms with Crippen LogP contribution in [0.5, 0.6) is 5.88 Å². The van der Waals surface area contributed by atoms with Gasteiger partial charge in [0, 0.05) is 0 Å². The van der Waals surface area contributed by atoms with E-state index in [1.165, 1.54) is 0 Å². The van der Waals surface area contributed by atoms with Crippen LogP contribution in [0, 0.1) is 15.9 Å². The molecular formula is C6H5FN2O4. The largest absolute Gasteiger partial charge is 0.477 e. The molecule has 1 aromatic heterocycles. The van der Waals surface area contributed by atoms with Crippen LogP contribution in [0.3, 0.4) is 0 Å². The summed E-state index contributed by atoms with van der Waals surface area (Å²) in [5.74, 6) is -1.58. The zero-order chi connectivity index (χ0) is 10.0. The van der Waals surface area contributed by atoms with E-state index >= 15 is 0 Å². The number of halogens is 1. The summed E-state index contributed by atoms with van der Waals surface area (Å²) in [4.78, 5) is 22.0. The molecule has 7 heteroatoms. The molecule has 6 nitrogen and oxygen atoms in total. The molecule has 0 fully saturated rings. The van der Waals surface area contributed by atoms with Gasteiger partial charge in [-0.3, -0.25) is 19.9 Å². The molecule has 0 atom stereocenters. The molecule has 0 aliphatic heterocycles. The molecule has 1 aromatic rings. The third-order valence-electron chi connectivity index (χ3n) is 1.34. The Morgan fingerprint density at radius 1 is 1.69 bits per heavy atom. The lowest BCUT2D eigenvalue weighted by molar-refractivity contribution is -0.386. The average molecular weight is 188 g/mol. The Hall–Kier alpha value is -1.92. The van der Waals surface area contributed by atoms with Crippen molar-refractivity contribution in [1.29, 1.82) is 0 Å². The van der Waals surface area contributed by atoms with Crippen molar-refractivity contribution < 1.29 is 14.1 Å². The van der Waals surface area contributed by atoms with Crippen LogP contribution in [0.25, 0.3) is 0 Å². The SMILES string of the molecule is COc1[nH]c(=O)c(F)cc1[N+](=O)[O-]. The minimum Gasteiger partial charge on any atom is -0.477 e. The van der Waals surface area contributed by atoms with Gasteiger partial charge in [0.1, 0.15) is 0 Å². The standard InChI is InChI=1S/C6H5FN2O4/c1-13-6-4(9(11)12)2-3(7)5(10)8-6/h2H,1H3,(H,8,10). The molecule has 0 unspecified atom stereocenters. The van der Waals surface area contributed by atoms with Gasteiger partial charge >= 0.3 is 5.69 Å². The average Bonchev–Trinajstić information content (AvgIpc) is 2.08. The van der Waals surface area contributed by atoms with Crippen LogP contribution < -0.4 is 10.3 Å². The van der Waals surface area contributed by atoms with Gasteiger partial charge in [-0.25, -0.2) is 4.39 Å². The molecule has 0 spiro atoms. The monoisotopic (exact) mass is 188 g/mol. The summed E-state index contributed by atoms with van der Waals surface area (Å²) < 4.78 is 17.0. The number of nitrogens with one attached hydrogen (secondary N) is 1. The summed E-state index contributed by atoms with van der Waals surface area (Å²) in [5.41, 5.74) is -1.66. The molecule has 0 aliphatic carbocycles. The first kappa shape index (κ1) is 9.17. The van der Waals surface area contributed by atoms with Crippen molar-refractivity contribution in [2.45, 2.75) is 0 Å². The van der Waals surface area contributed by atoms with Gasteiger partial charge in [-0.15, -0.1) is 0 Å². The first-order chi connectivity index (χ1) is 6.06. The third-order valence-corrected chi connectivity index (χ3v) is 1.34. The number of nitrogens with zero attached hydrogens (tertiary/aromatic N) is 1. The Morgan fingerprint density at radius 2 is 2.31 bits per heavy atom. The highest BCUT2D eigenvalue weighted by atomic mass is 19.1. The van der Waals surface area contributed by atoms with Gasteiger partial charge in [-0.1, -0.05) is 0 Å². The number of hydrogen-bond donors (Lipinski definition) is 1. The summed E-state index contributed by atoms with van der Waals surface area (Å²) in [6, 6.07) is 0.512. The van der Waals surface area contributed by atoms with Gasteiger partial charge in [-0.05, 0) is 0 Å². The lowest BCUT2D eigenvalue weighted by atomic mass is 10.4. The van der Waals surface area contributed by atoms with Gasteiger partial charge in [0.15, 0.2) is 5.82 Å². The number of ether oxygens (including phenoxy) is 1. The van der Waals surface area contributed by atoms with Crippen LogP contribution in [0.4, 0.5) is 10.1 Å². The number of pyridine rings is 1. The number of aromatic amines is 1. The van der Waals surface area contributed by atoms with Crippen molar-refractivity contribution in [2.75, 3.05) is 7.11 Å². The van der Waals surface area contributed by atoms with E-state index in [9.17, 15) is 19.3 Å². The predicted octanol–water partition coefficient (Wildman–Crippen LogP) is 0.431. The number of hydrogen-bond acceptors (Lipinski definition) is 4. The molecule has 1 N–H and O–H groups in total.